The molecule has 0 saturated heterocycles. The zero-order valence-corrected chi connectivity index (χ0v) is 11.6. The summed E-state index contributed by atoms with van der Waals surface area (Å²) in [6, 6.07) is 8.93. The van der Waals surface area contributed by atoms with Crippen LogP contribution in [0.4, 0.5) is 0 Å². The van der Waals surface area contributed by atoms with Crippen LogP contribution in [0.5, 0.6) is 5.75 Å². The standard InChI is InChI=1S/C16H25NO/c1-3-17-13(2)15-8-10-16(11-9-15)18-12-14-6-4-5-7-14/h8-11,13-14,17H,3-7,12H2,1-2H3. The van der Waals surface area contributed by atoms with Crippen molar-refractivity contribution in [1.82, 2.24) is 5.32 Å². The van der Waals surface area contributed by atoms with E-state index in [1.54, 1.807) is 0 Å². The molecule has 1 unspecified atom stereocenters. The van der Waals surface area contributed by atoms with Crippen LogP contribution in [0.2, 0.25) is 0 Å². The maximum absolute atomic E-state index is 5.86. The third-order valence-corrected chi connectivity index (χ3v) is 3.85. The van der Waals surface area contributed by atoms with Gasteiger partial charge >= 0.3 is 0 Å². The Kier molecular flexibility index (Phi) is 5.06. The Bertz CT molecular complexity index is 341. The molecular weight excluding hydrogens is 222 g/mol. The minimum Gasteiger partial charge on any atom is -0.493 e. The number of hydrogen-bond acceptors (Lipinski definition) is 2. The zero-order chi connectivity index (χ0) is 12.8. The average molecular weight is 247 g/mol. The molecule has 2 nitrogen and oxygen atoms in total. The summed E-state index contributed by atoms with van der Waals surface area (Å²) in [7, 11) is 0. The van der Waals surface area contributed by atoms with Crippen molar-refractivity contribution in [2.75, 3.05) is 13.2 Å². The molecule has 0 heterocycles. The van der Waals surface area contributed by atoms with Gasteiger partial charge in [0.1, 0.15) is 5.75 Å². The summed E-state index contributed by atoms with van der Waals surface area (Å²) >= 11 is 0. The number of benzene rings is 1. The minimum atomic E-state index is 0.416. The van der Waals surface area contributed by atoms with E-state index in [-0.39, 0.29) is 0 Å². The van der Waals surface area contributed by atoms with Crippen molar-refractivity contribution < 1.29 is 4.74 Å². The monoisotopic (exact) mass is 247 g/mol. The molecule has 1 aliphatic rings. The van der Waals surface area contributed by atoms with E-state index >= 15 is 0 Å². The molecule has 2 rings (SSSR count). The zero-order valence-electron chi connectivity index (χ0n) is 11.6. The summed E-state index contributed by atoms with van der Waals surface area (Å²) in [5.74, 6) is 1.79. The van der Waals surface area contributed by atoms with Crippen LogP contribution in [0.15, 0.2) is 24.3 Å². The second kappa shape index (κ2) is 6.79. The van der Waals surface area contributed by atoms with Crippen LogP contribution in [0, 0.1) is 5.92 Å². The van der Waals surface area contributed by atoms with Gasteiger partial charge in [-0.1, -0.05) is 31.9 Å². The van der Waals surface area contributed by atoms with Crippen molar-refractivity contribution in [3.63, 3.8) is 0 Å². The van der Waals surface area contributed by atoms with E-state index in [0.29, 0.717) is 6.04 Å². The lowest BCUT2D eigenvalue weighted by Gasteiger charge is -2.14. The van der Waals surface area contributed by atoms with Crippen molar-refractivity contribution in [2.24, 2.45) is 5.92 Å². The van der Waals surface area contributed by atoms with Gasteiger partial charge < -0.3 is 10.1 Å². The molecule has 1 fully saturated rings. The number of ether oxygens (including phenoxy) is 1. The van der Waals surface area contributed by atoms with Crippen molar-refractivity contribution in [3.05, 3.63) is 29.8 Å². The highest BCUT2D eigenvalue weighted by molar-refractivity contribution is 5.28. The lowest BCUT2D eigenvalue weighted by atomic mass is 10.1. The van der Waals surface area contributed by atoms with Gasteiger partial charge in [0.15, 0.2) is 0 Å². The van der Waals surface area contributed by atoms with E-state index in [1.165, 1.54) is 31.2 Å². The van der Waals surface area contributed by atoms with Crippen LogP contribution < -0.4 is 10.1 Å². The lowest BCUT2D eigenvalue weighted by molar-refractivity contribution is 0.252. The predicted octanol–water partition coefficient (Wildman–Crippen LogP) is 3.93. The maximum Gasteiger partial charge on any atom is 0.119 e. The average Bonchev–Trinajstić information content (AvgIpc) is 2.90. The molecule has 18 heavy (non-hydrogen) atoms. The Morgan fingerprint density at radius 3 is 2.50 bits per heavy atom. The van der Waals surface area contributed by atoms with Gasteiger partial charge in [0.05, 0.1) is 6.61 Å². The van der Waals surface area contributed by atoms with E-state index in [0.717, 1.165) is 24.8 Å². The Hall–Kier alpha value is -1.02. The molecule has 100 valence electrons. The molecule has 0 aromatic heterocycles. The van der Waals surface area contributed by atoms with Gasteiger partial charge in [-0.15, -0.1) is 0 Å². The van der Waals surface area contributed by atoms with Gasteiger partial charge in [-0.05, 0) is 49.9 Å². The molecule has 1 aliphatic carbocycles. The second-order valence-electron chi connectivity index (χ2n) is 5.31. The number of rotatable bonds is 6. The Labute approximate surface area is 111 Å². The Morgan fingerprint density at radius 2 is 1.89 bits per heavy atom. The molecule has 2 heteroatoms. The van der Waals surface area contributed by atoms with Crippen LogP contribution in [0.1, 0.15) is 51.1 Å². The van der Waals surface area contributed by atoms with E-state index in [9.17, 15) is 0 Å². The van der Waals surface area contributed by atoms with Crippen molar-refractivity contribution in [3.8, 4) is 5.75 Å². The van der Waals surface area contributed by atoms with Crippen LogP contribution in [-0.2, 0) is 0 Å². The fourth-order valence-corrected chi connectivity index (χ4v) is 2.67. The smallest absolute Gasteiger partial charge is 0.119 e. The molecule has 0 amide bonds. The summed E-state index contributed by atoms with van der Waals surface area (Å²) in [6.07, 6.45) is 5.45. The second-order valence-corrected chi connectivity index (χ2v) is 5.31. The van der Waals surface area contributed by atoms with Crippen LogP contribution in [0.3, 0.4) is 0 Å². The maximum atomic E-state index is 5.86. The first-order valence-electron chi connectivity index (χ1n) is 7.25. The Morgan fingerprint density at radius 1 is 1.22 bits per heavy atom. The minimum absolute atomic E-state index is 0.416. The third-order valence-electron chi connectivity index (χ3n) is 3.85. The van der Waals surface area contributed by atoms with E-state index in [1.807, 2.05) is 0 Å². The highest BCUT2D eigenvalue weighted by Crippen LogP contribution is 2.26. The quantitative estimate of drug-likeness (QED) is 0.822. The van der Waals surface area contributed by atoms with Crippen molar-refractivity contribution in [2.45, 2.75) is 45.6 Å². The molecule has 1 aromatic rings. The summed E-state index contributed by atoms with van der Waals surface area (Å²) in [5, 5.41) is 3.42. The molecule has 0 bridgehead atoms. The van der Waals surface area contributed by atoms with Gasteiger partial charge in [-0.2, -0.15) is 0 Å². The van der Waals surface area contributed by atoms with Gasteiger partial charge in [0.25, 0.3) is 0 Å². The summed E-state index contributed by atoms with van der Waals surface area (Å²) in [4.78, 5) is 0. The van der Waals surface area contributed by atoms with Gasteiger partial charge in [0.2, 0.25) is 0 Å². The van der Waals surface area contributed by atoms with Crippen LogP contribution >= 0.6 is 0 Å². The van der Waals surface area contributed by atoms with Crippen molar-refractivity contribution in [1.29, 1.82) is 0 Å². The molecular formula is C16H25NO. The molecule has 1 N–H and O–H groups in total. The molecule has 1 atom stereocenters. The first-order chi connectivity index (χ1) is 8.79. The number of nitrogens with one attached hydrogen (secondary N) is 1. The highest BCUT2D eigenvalue weighted by Gasteiger charge is 2.15. The molecule has 1 aromatic carbocycles. The van der Waals surface area contributed by atoms with Crippen LogP contribution in [0.25, 0.3) is 0 Å². The van der Waals surface area contributed by atoms with E-state index < -0.39 is 0 Å². The third kappa shape index (κ3) is 3.74. The van der Waals surface area contributed by atoms with Gasteiger partial charge in [-0.3, -0.25) is 0 Å². The van der Waals surface area contributed by atoms with Crippen molar-refractivity contribution >= 4 is 0 Å². The van der Waals surface area contributed by atoms with Crippen LogP contribution in [-0.4, -0.2) is 13.2 Å². The number of hydrogen-bond donors (Lipinski definition) is 1. The first kappa shape index (κ1) is 13.4. The molecule has 0 spiro atoms. The van der Waals surface area contributed by atoms with Gasteiger partial charge in [0, 0.05) is 6.04 Å². The molecule has 1 saturated carbocycles. The predicted molar refractivity (Wildman–Crippen MR) is 76.0 cm³/mol. The lowest BCUT2D eigenvalue weighted by Crippen LogP contribution is -2.17. The summed E-state index contributed by atoms with van der Waals surface area (Å²) in [5.41, 5.74) is 1.32. The van der Waals surface area contributed by atoms with Gasteiger partial charge in [-0.25, -0.2) is 0 Å². The summed E-state index contributed by atoms with van der Waals surface area (Å²) < 4.78 is 5.86. The van der Waals surface area contributed by atoms with E-state index in [4.69, 9.17) is 4.74 Å². The topological polar surface area (TPSA) is 21.3 Å². The fraction of sp³-hybridized carbons (Fsp3) is 0.625. The fourth-order valence-electron chi connectivity index (χ4n) is 2.67. The normalized spacial score (nSPS) is 17.9. The SMILES string of the molecule is CCNC(C)c1ccc(OCC2CCCC2)cc1. The highest BCUT2D eigenvalue weighted by atomic mass is 16.5. The first-order valence-corrected chi connectivity index (χ1v) is 7.25. The molecule has 0 radical (unpaired) electrons. The van der Waals surface area contributed by atoms with E-state index in [2.05, 4.69) is 43.4 Å². The molecule has 0 aliphatic heterocycles. The largest absolute Gasteiger partial charge is 0.493 e. The Balaban J connectivity index is 1.83. The summed E-state index contributed by atoms with van der Waals surface area (Å²) in [6.45, 7) is 6.22.